The molecule has 0 spiro atoms. The standard InChI is InChI=1S/C20H27N5O2/c1-5-25(6-2)9-10-27-24-18-15-11-13(26)7-8-14(15)17-16(20(18,3)4)19(21)23-12-22-17/h7-8,11-12,26H,5-6,9-10H2,1-4H3,(H2,21,22,23)/b24-18+. The number of rotatable bonds is 6. The number of phenols is 1. The van der Waals surface area contributed by atoms with Crippen molar-refractivity contribution in [3.05, 3.63) is 35.7 Å². The lowest BCUT2D eigenvalue weighted by Crippen LogP contribution is -2.36. The molecule has 1 aromatic heterocycles. The van der Waals surface area contributed by atoms with Gasteiger partial charge in [0.25, 0.3) is 0 Å². The van der Waals surface area contributed by atoms with Gasteiger partial charge in [0, 0.05) is 28.7 Å². The molecule has 3 N–H and O–H groups in total. The lowest BCUT2D eigenvalue weighted by atomic mass is 9.70. The maximum Gasteiger partial charge on any atom is 0.131 e. The zero-order valence-electron chi connectivity index (χ0n) is 16.4. The molecule has 27 heavy (non-hydrogen) atoms. The normalized spacial score (nSPS) is 16.3. The molecule has 2 aromatic rings. The van der Waals surface area contributed by atoms with Crippen LogP contribution in [-0.2, 0) is 10.3 Å². The van der Waals surface area contributed by atoms with Gasteiger partial charge in [-0.2, -0.15) is 0 Å². The second-order valence-corrected chi connectivity index (χ2v) is 7.14. The first kappa shape index (κ1) is 19.1. The molecular formula is C20H27N5O2. The molecular weight excluding hydrogens is 342 g/mol. The van der Waals surface area contributed by atoms with E-state index in [2.05, 4.69) is 33.9 Å². The average Bonchev–Trinajstić information content (AvgIpc) is 2.63. The minimum atomic E-state index is -0.559. The van der Waals surface area contributed by atoms with Crippen LogP contribution in [0.5, 0.6) is 5.75 Å². The van der Waals surface area contributed by atoms with E-state index >= 15 is 0 Å². The summed E-state index contributed by atoms with van der Waals surface area (Å²) >= 11 is 0. The van der Waals surface area contributed by atoms with Gasteiger partial charge in [-0.3, -0.25) is 0 Å². The Hall–Kier alpha value is -2.67. The van der Waals surface area contributed by atoms with Crippen LogP contribution >= 0.6 is 0 Å². The summed E-state index contributed by atoms with van der Waals surface area (Å²) < 4.78 is 0. The molecule has 7 nitrogen and oxygen atoms in total. The third kappa shape index (κ3) is 3.47. The maximum absolute atomic E-state index is 10.0. The van der Waals surface area contributed by atoms with E-state index in [0.717, 1.165) is 42.0 Å². The summed E-state index contributed by atoms with van der Waals surface area (Å²) in [6.45, 7) is 11.5. The van der Waals surface area contributed by atoms with Crippen LogP contribution in [0.1, 0.15) is 38.8 Å². The molecule has 0 atom stereocenters. The van der Waals surface area contributed by atoms with Crippen LogP contribution in [-0.4, -0.2) is 51.9 Å². The molecule has 1 heterocycles. The second-order valence-electron chi connectivity index (χ2n) is 7.14. The molecule has 3 rings (SSSR count). The van der Waals surface area contributed by atoms with Gasteiger partial charge in [-0.05, 0) is 45.1 Å². The highest BCUT2D eigenvalue weighted by Crippen LogP contribution is 2.45. The highest BCUT2D eigenvalue weighted by Gasteiger charge is 2.40. The number of benzene rings is 1. The first-order chi connectivity index (χ1) is 12.9. The number of anilines is 1. The van der Waals surface area contributed by atoms with Crippen molar-refractivity contribution in [2.45, 2.75) is 33.1 Å². The molecule has 0 saturated carbocycles. The van der Waals surface area contributed by atoms with Crippen molar-refractivity contribution in [2.24, 2.45) is 5.16 Å². The molecule has 0 fully saturated rings. The molecule has 7 heteroatoms. The fourth-order valence-corrected chi connectivity index (χ4v) is 3.59. The summed E-state index contributed by atoms with van der Waals surface area (Å²) in [6, 6.07) is 5.17. The zero-order valence-corrected chi connectivity index (χ0v) is 16.4. The Balaban J connectivity index is 2.02. The quantitative estimate of drug-likeness (QED) is 0.600. The first-order valence-corrected chi connectivity index (χ1v) is 9.27. The predicted molar refractivity (Wildman–Crippen MR) is 107 cm³/mol. The number of hydrogen-bond donors (Lipinski definition) is 2. The number of nitrogen functional groups attached to an aromatic ring is 1. The van der Waals surface area contributed by atoms with Crippen LogP contribution in [0.2, 0.25) is 0 Å². The average molecular weight is 369 g/mol. The van der Waals surface area contributed by atoms with E-state index in [9.17, 15) is 5.11 Å². The second kappa shape index (κ2) is 7.52. The number of fused-ring (bicyclic) bond motifs is 3. The number of hydrogen-bond acceptors (Lipinski definition) is 7. The number of aromatic nitrogens is 2. The Morgan fingerprint density at radius 3 is 2.63 bits per heavy atom. The van der Waals surface area contributed by atoms with E-state index in [1.807, 2.05) is 19.9 Å². The minimum absolute atomic E-state index is 0.172. The van der Waals surface area contributed by atoms with Gasteiger partial charge in [0.2, 0.25) is 0 Å². The molecule has 0 radical (unpaired) electrons. The topological polar surface area (TPSA) is 96.9 Å². The minimum Gasteiger partial charge on any atom is -0.508 e. The van der Waals surface area contributed by atoms with Gasteiger partial charge >= 0.3 is 0 Å². The Morgan fingerprint density at radius 2 is 1.93 bits per heavy atom. The van der Waals surface area contributed by atoms with Crippen LogP contribution in [0.15, 0.2) is 29.7 Å². The SMILES string of the molecule is CCN(CC)CCO/N=C1\c2cc(O)ccc2-c2ncnc(N)c2C1(C)C. The van der Waals surface area contributed by atoms with Crippen LogP contribution in [0.3, 0.4) is 0 Å². The zero-order chi connectivity index (χ0) is 19.6. The van der Waals surface area contributed by atoms with Crippen LogP contribution in [0.25, 0.3) is 11.3 Å². The Bertz CT molecular complexity index is 859. The van der Waals surface area contributed by atoms with Gasteiger partial charge in [0.15, 0.2) is 0 Å². The molecule has 144 valence electrons. The third-order valence-electron chi connectivity index (χ3n) is 5.16. The van der Waals surface area contributed by atoms with Crippen LogP contribution < -0.4 is 5.73 Å². The Kier molecular flexibility index (Phi) is 5.32. The van der Waals surface area contributed by atoms with Crippen molar-refractivity contribution in [3.8, 4) is 17.0 Å². The Labute approximate surface area is 159 Å². The number of phenolic OH excluding ortho intramolecular Hbond substituents is 1. The summed E-state index contributed by atoms with van der Waals surface area (Å²) in [5.74, 6) is 0.602. The molecule has 0 saturated heterocycles. The van der Waals surface area contributed by atoms with E-state index < -0.39 is 5.41 Å². The van der Waals surface area contributed by atoms with Gasteiger partial charge in [-0.25, -0.2) is 9.97 Å². The van der Waals surface area contributed by atoms with Gasteiger partial charge in [0.1, 0.15) is 24.5 Å². The van der Waals surface area contributed by atoms with Gasteiger partial charge in [-0.15, -0.1) is 0 Å². The number of oxime groups is 1. The number of aromatic hydroxyl groups is 1. The molecule has 0 aliphatic heterocycles. The van der Waals surface area contributed by atoms with E-state index in [0.29, 0.717) is 18.1 Å². The van der Waals surface area contributed by atoms with E-state index in [4.69, 9.17) is 10.6 Å². The largest absolute Gasteiger partial charge is 0.508 e. The molecule has 1 aliphatic carbocycles. The molecule has 1 aliphatic rings. The maximum atomic E-state index is 10.0. The van der Waals surface area contributed by atoms with Crippen molar-refractivity contribution in [2.75, 3.05) is 32.0 Å². The fraction of sp³-hybridized carbons (Fsp3) is 0.450. The summed E-state index contributed by atoms with van der Waals surface area (Å²) in [4.78, 5) is 16.6. The predicted octanol–water partition coefficient (Wildman–Crippen LogP) is 2.79. The lowest BCUT2D eigenvalue weighted by Gasteiger charge is -2.34. The molecule has 0 bridgehead atoms. The number of nitrogens with zero attached hydrogens (tertiary/aromatic N) is 4. The van der Waals surface area contributed by atoms with Crippen LogP contribution in [0, 0.1) is 0 Å². The van der Waals surface area contributed by atoms with Gasteiger partial charge in [-0.1, -0.05) is 19.0 Å². The fourth-order valence-electron chi connectivity index (χ4n) is 3.59. The summed E-state index contributed by atoms with van der Waals surface area (Å²) in [7, 11) is 0. The monoisotopic (exact) mass is 369 g/mol. The molecule has 0 unspecified atom stereocenters. The van der Waals surface area contributed by atoms with Crippen molar-refractivity contribution in [1.82, 2.24) is 14.9 Å². The van der Waals surface area contributed by atoms with Crippen molar-refractivity contribution in [1.29, 1.82) is 0 Å². The Morgan fingerprint density at radius 1 is 1.19 bits per heavy atom. The van der Waals surface area contributed by atoms with E-state index in [1.165, 1.54) is 6.33 Å². The summed E-state index contributed by atoms with van der Waals surface area (Å²) in [6.07, 6.45) is 1.46. The van der Waals surface area contributed by atoms with Gasteiger partial charge < -0.3 is 20.6 Å². The smallest absolute Gasteiger partial charge is 0.131 e. The third-order valence-corrected chi connectivity index (χ3v) is 5.16. The summed E-state index contributed by atoms with van der Waals surface area (Å²) in [5.41, 5.74) is 9.60. The number of nitrogens with two attached hydrogens (primary N) is 1. The highest BCUT2D eigenvalue weighted by molar-refractivity contribution is 6.15. The number of likely N-dealkylation sites (N-methyl/N-ethyl adjacent to an activating group) is 1. The van der Waals surface area contributed by atoms with E-state index in [1.54, 1.807) is 12.1 Å². The highest BCUT2D eigenvalue weighted by atomic mass is 16.6. The van der Waals surface area contributed by atoms with Crippen LogP contribution in [0.4, 0.5) is 5.82 Å². The lowest BCUT2D eigenvalue weighted by molar-refractivity contribution is 0.113. The summed E-state index contributed by atoms with van der Waals surface area (Å²) in [5, 5.41) is 14.5. The molecule has 0 amide bonds. The molecule has 1 aromatic carbocycles. The van der Waals surface area contributed by atoms with Gasteiger partial charge in [0.05, 0.1) is 11.4 Å². The first-order valence-electron chi connectivity index (χ1n) is 9.27. The van der Waals surface area contributed by atoms with E-state index in [-0.39, 0.29) is 5.75 Å². The van der Waals surface area contributed by atoms with Crippen molar-refractivity contribution < 1.29 is 9.94 Å². The van der Waals surface area contributed by atoms with Crippen molar-refractivity contribution >= 4 is 11.5 Å². The van der Waals surface area contributed by atoms with Crippen molar-refractivity contribution in [3.63, 3.8) is 0 Å².